The first-order valence-electron chi connectivity index (χ1n) is 6.96. The Morgan fingerprint density at radius 3 is 2.04 bits per heavy atom. The van der Waals surface area contributed by atoms with Crippen LogP contribution in [0, 0.1) is 0 Å². The molecule has 3 N–H and O–H groups in total. The summed E-state index contributed by atoms with van der Waals surface area (Å²) in [5.74, 6) is -1.89. The van der Waals surface area contributed by atoms with Gasteiger partial charge in [-0.1, -0.05) is 18.2 Å². The summed E-state index contributed by atoms with van der Waals surface area (Å²) in [4.78, 5) is 52.5. The third-order valence-electron chi connectivity index (χ3n) is 3.72. The minimum Gasteiger partial charge on any atom is -0.381 e. The number of carbonyl (C=O) groups excluding carboxylic acids is 4. The molecular formula is C16H9N3O5. The van der Waals surface area contributed by atoms with Crippen LogP contribution in [0.2, 0.25) is 0 Å². The SMILES string of the molecule is O=C1C=C(C2=C(C3=CC(=O)NC3=O)c3ccccc3ON2)C(=O)N1. The molecule has 8 heteroatoms. The standard InChI is InChI=1S/C16H9N3O5/c20-11-5-8(15(22)17-11)13-7-3-1-2-4-10(7)24-19-14(13)9-6-12(21)18-16(9)23/h1-6,19H,(H,17,20,22)(H,18,21,23). The number of hydroxylamine groups is 1. The van der Waals surface area contributed by atoms with Crippen molar-refractivity contribution in [1.82, 2.24) is 16.1 Å². The molecule has 4 rings (SSSR count). The normalized spacial score (nSPS) is 19.2. The molecule has 0 unspecified atom stereocenters. The summed E-state index contributed by atoms with van der Waals surface area (Å²) >= 11 is 0. The van der Waals surface area contributed by atoms with Gasteiger partial charge in [0.2, 0.25) is 0 Å². The Kier molecular flexibility index (Phi) is 2.86. The molecule has 0 radical (unpaired) electrons. The third-order valence-corrected chi connectivity index (χ3v) is 3.72. The topological polar surface area (TPSA) is 114 Å². The molecule has 0 saturated heterocycles. The van der Waals surface area contributed by atoms with Crippen molar-refractivity contribution in [2.24, 2.45) is 0 Å². The molecule has 118 valence electrons. The zero-order valence-electron chi connectivity index (χ0n) is 12.0. The van der Waals surface area contributed by atoms with Crippen molar-refractivity contribution >= 4 is 29.2 Å². The average molecular weight is 323 g/mol. The summed E-state index contributed by atoms with van der Waals surface area (Å²) in [5, 5.41) is 4.30. The van der Waals surface area contributed by atoms with Crippen molar-refractivity contribution in [3.63, 3.8) is 0 Å². The van der Waals surface area contributed by atoms with Gasteiger partial charge in [0, 0.05) is 23.3 Å². The van der Waals surface area contributed by atoms with Gasteiger partial charge in [-0.3, -0.25) is 29.8 Å². The number of carbonyl (C=O) groups is 4. The molecular weight excluding hydrogens is 314 g/mol. The highest BCUT2D eigenvalue weighted by molar-refractivity contribution is 6.26. The first kappa shape index (κ1) is 13.9. The van der Waals surface area contributed by atoms with Crippen molar-refractivity contribution in [3.05, 3.63) is 58.8 Å². The van der Waals surface area contributed by atoms with E-state index in [4.69, 9.17) is 4.84 Å². The van der Waals surface area contributed by atoms with Gasteiger partial charge in [-0.15, -0.1) is 0 Å². The van der Waals surface area contributed by atoms with Crippen LogP contribution < -0.4 is 21.0 Å². The molecule has 24 heavy (non-hydrogen) atoms. The molecule has 3 aliphatic heterocycles. The molecule has 0 bridgehead atoms. The van der Waals surface area contributed by atoms with Crippen molar-refractivity contribution < 1.29 is 24.0 Å². The number of fused-ring (bicyclic) bond motifs is 1. The molecule has 1 aromatic carbocycles. The van der Waals surface area contributed by atoms with Gasteiger partial charge in [0.15, 0.2) is 5.75 Å². The molecule has 3 aliphatic rings. The van der Waals surface area contributed by atoms with Gasteiger partial charge in [0.1, 0.15) is 0 Å². The monoisotopic (exact) mass is 323 g/mol. The van der Waals surface area contributed by atoms with E-state index >= 15 is 0 Å². The van der Waals surface area contributed by atoms with Crippen LogP contribution in [0.25, 0.3) is 5.57 Å². The smallest absolute Gasteiger partial charge is 0.260 e. The highest BCUT2D eigenvalue weighted by Gasteiger charge is 2.35. The minimum absolute atomic E-state index is 0.0255. The Hall–Kier alpha value is -3.68. The van der Waals surface area contributed by atoms with E-state index in [0.29, 0.717) is 16.9 Å². The molecule has 0 fully saturated rings. The number of benzene rings is 1. The van der Waals surface area contributed by atoms with E-state index < -0.39 is 23.6 Å². The predicted molar refractivity (Wildman–Crippen MR) is 79.6 cm³/mol. The quantitative estimate of drug-likeness (QED) is 0.630. The van der Waals surface area contributed by atoms with E-state index in [1.54, 1.807) is 24.3 Å². The van der Waals surface area contributed by atoms with Crippen LogP contribution in [0.5, 0.6) is 5.75 Å². The number of nitrogens with one attached hydrogen (secondary N) is 3. The maximum atomic E-state index is 12.1. The molecule has 0 atom stereocenters. The average Bonchev–Trinajstić information content (AvgIpc) is 3.06. The second-order valence-corrected chi connectivity index (χ2v) is 5.20. The Balaban J connectivity index is 1.99. The Bertz CT molecular complexity index is 939. The number of rotatable bonds is 2. The molecule has 8 nitrogen and oxygen atoms in total. The maximum absolute atomic E-state index is 12.1. The zero-order valence-corrected chi connectivity index (χ0v) is 12.0. The molecule has 0 saturated carbocycles. The molecule has 0 aromatic heterocycles. The Labute approximate surface area is 134 Å². The van der Waals surface area contributed by atoms with Crippen LogP contribution in [-0.2, 0) is 19.2 Å². The van der Waals surface area contributed by atoms with E-state index in [2.05, 4.69) is 16.1 Å². The summed E-state index contributed by atoms with van der Waals surface area (Å²) in [6.45, 7) is 0. The molecule has 4 amide bonds. The fraction of sp³-hybridized carbons (Fsp3) is 0. The molecule has 0 spiro atoms. The summed E-state index contributed by atoms with van der Waals surface area (Å²) in [5.41, 5.74) is 3.70. The first-order chi connectivity index (χ1) is 11.5. The van der Waals surface area contributed by atoms with Crippen molar-refractivity contribution in [3.8, 4) is 5.75 Å². The summed E-state index contributed by atoms with van der Waals surface area (Å²) in [7, 11) is 0. The number of hydrogen-bond acceptors (Lipinski definition) is 6. The number of hydrogen-bond donors (Lipinski definition) is 3. The summed E-state index contributed by atoms with van der Waals surface area (Å²) in [6.07, 6.45) is 2.26. The van der Waals surface area contributed by atoms with Crippen LogP contribution in [0.4, 0.5) is 0 Å². The van der Waals surface area contributed by atoms with Gasteiger partial charge in [-0.05, 0) is 6.07 Å². The van der Waals surface area contributed by atoms with Gasteiger partial charge in [-0.2, -0.15) is 0 Å². The lowest BCUT2D eigenvalue weighted by Gasteiger charge is -2.24. The zero-order chi connectivity index (χ0) is 16.8. The van der Waals surface area contributed by atoms with Crippen molar-refractivity contribution in [2.75, 3.05) is 0 Å². The fourth-order valence-electron chi connectivity index (χ4n) is 2.72. The Morgan fingerprint density at radius 1 is 0.792 bits per heavy atom. The number of imide groups is 2. The molecule has 1 aromatic rings. The second kappa shape index (κ2) is 4.92. The molecule has 0 aliphatic carbocycles. The van der Waals surface area contributed by atoms with Crippen molar-refractivity contribution in [1.29, 1.82) is 0 Å². The van der Waals surface area contributed by atoms with E-state index in [-0.39, 0.29) is 16.8 Å². The fourth-order valence-corrected chi connectivity index (χ4v) is 2.72. The lowest BCUT2D eigenvalue weighted by atomic mass is 9.91. The summed E-state index contributed by atoms with van der Waals surface area (Å²) in [6, 6.07) is 6.83. The Morgan fingerprint density at radius 2 is 1.42 bits per heavy atom. The van der Waals surface area contributed by atoms with Crippen LogP contribution in [0.1, 0.15) is 5.56 Å². The largest absolute Gasteiger partial charge is 0.381 e. The minimum atomic E-state index is -0.617. The van der Waals surface area contributed by atoms with E-state index in [1.165, 1.54) is 0 Å². The van der Waals surface area contributed by atoms with Crippen LogP contribution >= 0.6 is 0 Å². The maximum Gasteiger partial charge on any atom is 0.260 e. The van der Waals surface area contributed by atoms with Gasteiger partial charge < -0.3 is 4.84 Å². The first-order valence-corrected chi connectivity index (χ1v) is 6.96. The van der Waals surface area contributed by atoms with E-state index in [0.717, 1.165) is 12.2 Å². The second-order valence-electron chi connectivity index (χ2n) is 5.20. The van der Waals surface area contributed by atoms with E-state index in [9.17, 15) is 19.2 Å². The van der Waals surface area contributed by atoms with Gasteiger partial charge in [0.05, 0.1) is 16.8 Å². The highest BCUT2D eigenvalue weighted by atomic mass is 16.6. The van der Waals surface area contributed by atoms with Crippen LogP contribution in [0.15, 0.2) is 53.3 Å². The van der Waals surface area contributed by atoms with Gasteiger partial charge >= 0.3 is 0 Å². The summed E-state index contributed by atoms with van der Waals surface area (Å²) < 4.78 is 0. The van der Waals surface area contributed by atoms with Gasteiger partial charge in [-0.25, -0.2) is 5.48 Å². The van der Waals surface area contributed by atoms with Gasteiger partial charge in [0.25, 0.3) is 23.6 Å². The predicted octanol–water partition coefficient (Wildman–Crippen LogP) is -0.540. The number of para-hydroxylation sites is 1. The van der Waals surface area contributed by atoms with Crippen LogP contribution in [0.3, 0.4) is 0 Å². The number of amides is 4. The van der Waals surface area contributed by atoms with Crippen molar-refractivity contribution in [2.45, 2.75) is 0 Å². The molecule has 3 heterocycles. The van der Waals surface area contributed by atoms with E-state index in [1.807, 2.05) is 0 Å². The third kappa shape index (κ3) is 2.01. The highest BCUT2D eigenvalue weighted by Crippen LogP contribution is 2.39. The lowest BCUT2D eigenvalue weighted by molar-refractivity contribution is -0.125. The lowest BCUT2D eigenvalue weighted by Crippen LogP contribution is -2.31. The van der Waals surface area contributed by atoms with Crippen LogP contribution in [-0.4, -0.2) is 23.6 Å².